The van der Waals surface area contributed by atoms with Crippen LogP contribution in [-0.4, -0.2) is 43.7 Å². The summed E-state index contributed by atoms with van der Waals surface area (Å²) in [6.07, 6.45) is 0. The smallest absolute Gasteiger partial charge is 0.0107 e. The summed E-state index contributed by atoms with van der Waals surface area (Å²) < 4.78 is 0. The summed E-state index contributed by atoms with van der Waals surface area (Å²) in [7, 11) is 0. The summed E-state index contributed by atoms with van der Waals surface area (Å²) >= 11 is 0. The Balaban J connectivity index is 2.27. The number of hydrogen-bond acceptors (Lipinski definition) is 3. The van der Waals surface area contributed by atoms with E-state index in [4.69, 9.17) is 5.73 Å². The number of rotatable bonds is 4. The van der Waals surface area contributed by atoms with E-state index in [0.29, 0.717) is 17.9 Å². The van der Waals surface area contributed by atoms with Crippen molar-refractivity contribution in [1.82, 2.24) is 10.2 Å². The van der Waals surface area contributed by atoms with Crippen molar-refractivity contribution in [1.29, 1.82) is 0 Å². The van der Waals surface area contributed by atoms with Gasteiger partial charge in [-0.1, -0.05) is 20.8 Å². The average Bonchev–Trinajstić information content (AvgIpc) is 2.18. The second-order valence-corrected chi connectivity index (χ2v) is 4.85. The molecule has 3 N–H and O–H groups in total. The van der Waals surface area contributed by atoms with Crippen molar-refractivity contribution in [3.05, 3.63) is 0 Å². The Kier molecular flexibility index (Phi) is 4.85. The van der Waals surface area contributed by atoms with Gasteiger partial charge >= 0.3 is 0 Å². The largest absolute Gasteiger partial charge is 0.327 e. The summed E-state index contributed by atoms with van der Waals surface area (Å²) in [6, 6.07) is 0.338. The van der Waals surface area contributed by atoms with E-state index in [9.17, 15) is 0 Å². The van der Waals surface area contributed by atoms with E-state index in [1.54, 1.807) is 0 Å². The molecule has 1 fully saturated rings. The third-order valence-electron chi connectivity index (χ3n) is 3.18. The van der Waals surface area contributed by atoms with Gasteiger partial charge in [0.15, 0.2) is 0 Å². The van der Waals surface area contributed by atoms with Crippen molar-refractivity contribution in [2.75, 3.05) is 32.7 Å². The molecule has 0 aromatic heterocycles. The van der Waals surface area contributed by atoms with Gasteiger partial charge in [0.1, 0.15) is 0 Å². The van der Waals surface area contributed by atoms with E-state index < -0.39 is 0 Å². The maximum atomic E-state index is 6.13. The summed E-state index contributed by atoms with van der Waals surface area (Å²) in [5.74, 6) is 1.20. The molecule has 0 aliphatic carbocycles. The van der Waals surface area contributed by atoms with Gasteiger partial charge in [0.2, 0.25) is 0 Å². The minimum absolute atomic E-state index is 0.338. The lowest BCUT2D eigenvalue weighted by Crippen LogP contribution is -2.48. The Morgan fingerprint density at radius 1 is 1.21 bits per heavy atom. The van der Waals surface area contributed by atoms with Crippen molar-refractivity contribution >= 4 is 0 Å². The fourth-order valence-corrected chi connectivity index (χ4v) is 2.08. The zero-order valence-corrected chi connectivity index (χ0v) is 9.79. The molecule has 1 heterocycles. The van der Waals surface area contributed by atoms with E-state index in [-0.39, 0.29) is 0 Å². The van der Waals surface area contributed by atoms with Gasteiger partial charge in [-0.2, -0.15) is 0 Å². The SMILES string of the molecule is CC(C)C(N)C(C)CN1CCNCC1. The molecular formula is C11H25N3. The second kappa shape index (κ2) is 5.69. The predicted molar refractivity (Wildman–Crippen MR) is 61.3 cm³/mol. The van der Waals surface area contributed by atoms with Crippen LogP contribution >= 0.6 is 0 Å². The first kappa shape index (κ1) is 12.0. The van der Waals surface area contributed by atoms with E-state index in [2.05, 4.69) is 31.0 Å². The molecule has 2 unspecified atom stereocenters. The van der Waals surface area contributed by atoms with Crippen LogP contribution in [0.3, 0.4) is 0 Å². The van der Waals surface area contributed by atoms with Gasteiger partial charge < -0.3 is 16.0 Å². The Bertz CT molecular complexity index is 153. The van der Waals surface area contributed by atoms with Crippen molar-refractivity contribution in [3.8, 4) is 0 Å². The van der Waals surface area contributed by atoms with Crippen molar-refractivity contribution < 1.29 is 0 Å². The molecule has 2 atom stereocenters. The summed E-state index contributed by atoms with van der Waals surface area (Å²) in [6.45, 7) is 12.4. The molecule has 0 spiro atoms. The normalized spacial score (nSPS) is 23.8. The van der Waals surface area contributed by atoms with Crippen LogP contribution in [0.5, 0.6) is 0 Å². The highest BCUT2D eigenvalue weighted by Crippen LogP contribution is 2.11. The molecule has 1 saturated heterocycles. The maximum absolute atomic E-state index is 6.13. The molecule has 0 aromatic rings. The fraction of sp³-hybridized carbons (Fsp3) is 1.00. The molecule has 0 aromatic carbocycles. The average molecular weight is 199 g/mol. The lowest BCUT2D eigenvalue weighted by Gasteiger charge is -2.32. The van der Waals surface area contributed by atoms with Crippen molar-refractivity contribution in [2.45, 2.75) is 26.8 Å². The predicted octanol–water partition coefficient (Wildman–Crippen LogP) is 0.511. The molecular weight excluding hydrogens is 174 g/mol. The third kappa shape index (κ3) is 3.56. The Morgan fingerprint density at radius 3 is 2.29 bits per heavy atom. The topological polar surface area (TPSA) is 41.3 Å². The zero-order chi connectivity index (χ0) is 10.6. The first-order valence-corrected chi connectivity index (χ1v) is 5.80. The molecule has 1 aliphatic heterocycles. The molecule has 1 rings (SSSR count). The van der Waals surface area contributed by atoms with Crippen LogP contribution in [0.1, 0.15) is 20.8 Å². The van der Waals surface area contributed by atoms with Crippen LogP contribution in [0.4, 0.5) is 0 Å². The number of hydrogen-bond donors (Lipinski definition) is 2. The van der Waals surface area contributed by atoms with Crippen molar-refractivity contribution in [2.24, 2.45) is 17.6 Å². The molecule has 0 bridgehead atoms. The van der Waals surface area contributed by atoms with Gasteiger partial charge in [-0.25, -0.2) is 0 Å². The first-order chi connectivity index (χ1) is 6.61. The van der Waals surface area contributed by atoms with Gasteiger partial charge in [0.25, 0.3) is 0 Å². The van der Waals surface area contributed by atoms with Gasteiger partial charge in [0, 0.05) is 38.8 Å². The van der Waals surface area contributed by atoms with Crippen LogP contribution in [0.2, 0.25) is 0 Å². The van der Waals surface area contributed by atoms with Crippen LogP contribution in [0.25, 0.3) is 0 Å². The summed E-state index contributed by atoms with van der Waals surface area (Å²) in [4.78, 5) is 2.52. The van der Waals surface area contributed by atoms with Gasteiger partial charge in [-0.05, 0) is 11.8 Å². The standard InChI is InChI=1S/C11H25N3/c1-9(2)11(12)10(3)8-14-6-4-13-5-7-14/h9-11,13H,4-8,12H2,1-3H3. The lowest BCUT2D eigenvalue weighted by molar-refractivity contribution is 0.188. The van der Waals surface area contributed by atoms with Crippen LogP contribution in [-0.2, 0) is 0 Å². The highest BCUT2D eigenvalue weighted by atomic mass is 15.2. The van der Waals surface area contributed by atoms with E-state index in [0.717, 1.165) is 19.6 Å². The molecule has 84 valence electrons. The number of nitrogens with zero attached hydrogens (tertiary/aromatic N) is 1. The minimum atomic E-state index is 0.338. The van der Waals surface area contributed by atoms with Crippen LogP contribution < -0.4 is 11.1 Å². The third-order valence-corrected chi connectivity index (χ3v) is 3.18. The molecule has 0 amide bonds. The number of nitrogens with two attached hydrogens (primary N) is 1. The molecule has 0 radical (unpaired) electrons. The second-order valence-electron chi connectivity index (χ2n) is 4.85. The van der Waals surface area contributed by atoms with Crippen molar-refractivity contribution in [3.63, 3.8) is 0 Å². The van der Waals surface area contributed by atoms with E-state index in [1.165, 1.54) is 13.1 Å². The highest BCUT2D eigenvalue weighted by molar-refractivity contribution is 4.77. The Labute approximate surface area is 88.0 Å². The maximum Gasteiger partial charge on any atom is 0.0107 e. The fourth-order valence-electron chi connectivity index (χ4n) is 2.08. The van der Waals surface area contributed by atoms with E-state index >= 15 is 0 Å². The summed E-state index contributed by atoms with van der Waals surface area (Å²) in [5, 5.41) is 3.37. The van der Waals surface area contributed by atoms with Gasteiger partial charge in [0.05, 0.1) is 0 Å². The van der Waals surface area contributed by atoms with Gasteiger partial charge in [-0.3, -0.25) is 0 Å². The highest BCUT2D eigenvalue weighted by Gasteiger charge is 2.19. The molecule has 1 aliphatic rings. The quantitative estimate of drug-likeness (QED) is 0.693. The summed E-state index contributed by atoms with van der Waals surface area (Å²) in [5.41, 5.74) is 6.13. The zero-order valence-electron chi connectivity index (χ0n) is 9.79. The number of nitrogens with one attached hydrogen (secondary N) is 1. The molecule has 0 saturated carbocycles. The first-order valence-electron chi connectivity index (χ1n) is 5.80. The monoisotopic (exact) mass is 199 g/mol. The van der Waals surface area contributed by atoms with Crippen LogP contribution in [0, 0.1) is 11.8 Å². The lowest BCUT2D eigenvalue weighted by atomic mass is 9.92. The molecule has 14 heavy (non-hydrogen) atoms. The number of piperazine rings is 1. The van der Waals surface area contributed by atoms with Crippen LogP contribution in [0.15, 0.2) is 0 Å². The molecule has 3 heteroatoms. The Hall–Kier alpha value is -0.120. The van der Waals surface area contributed by atoms with E-state index in [1.807, 2.05) is 0 Å². The van der Waals surface area contributed by atoms with Gasteiger partial charge in [-0.15, -0.1) is 0 Å². The molecule has 3 nitrogen and oxygen atoms in total. The Morgan fingerprint density at radius 2 is 1.79 bits per heavy atom. The minimum Gasteiger partial charge on any atom is -0.327 e.